The predicted molar refractivity (Wildman–Crippen MR) is 101 cm³/mol. The number of amides is 1. The lowest BCUT2D eigenvalue weighted by molar-refractivity contribution is -0.384. The van der Waals surface area contributed by atoms with Gasteiger partial charge in [-0.3, -0.25) is 14.9 Å². The van der Waals surface area contributed by atoms with Gasteiger partial charge in [0.1, 0.15) is 11.3 Å². The molecule has 2 aromatic carbocycles. The monoisotopic (exact) mass is 383 g/mol. The molecule has 144 valence electrons. The lowest BCUT2D eigenvalue weighted by atomic mass is 10.1. The Morgan fingerprint density at radius 1 is 1.25 bits per heavy atom. The fourth-order valence-electron chi connectivity index (χ4n) is 2.63. The van der Waals surface area contributed by atoms with E-state index < -0.39 is 29.4 Å². The van der Waals surface area contributed by atoms with Gasteiger partial charge in [-0.05, 0) is 25.1 Å². The van der Waals surface area contributed by atoms with Crippen LogP contribution in [0.5, 0.6) is 0 Å². The number of benzene rings is 2. The van der Waals surface area contributed by atoms with Crippen LogP contribution in [0.1, 0.15) is 29.1 Å². The first kappa shape index (κ1) is 18.9. The lowest BCUT2D eigenvalue weighted by Crippen LogP contribution is -2.31. The Balaban J connectivity index is 1.57. The molecule has 0 saturated carbocycles. The minimum Gasteiger partial charge on any atom is -0.459 e. The molecule has 0 aliphatic rings. The normalized spacial score (nSPS) is 11.8. The lowest BCUT2D eigenvalue weighted by Gasteiger charge is -2.12. The van der Waals surface area contributed by atoms with Crippen LogP contribution < -0.4 is 11.1 Å². The molecule has 9 heteroatoms. The Morgan fingerprint density at radius 3 is 2.68 bits per heavy atom. The molecule has 3 aromatic rings. The summed E-state index contributed by atoms with van der Waals surface area (Å²) in [5.41, 5.74) is 5.95. The molecular formula is C19H17N3O6. The zero-order valence-corrected chi connectivity index (χ0v) is 14.9. The third-order valence-electron chi connectivity index (χ3n) is 4.05. The number of nitro benzene ring substituents is 1. The van der Waals surface area contributed by atoms with E-state index in [1.165, 1.54) is 6.07 Å². The molecule has 0 bridgehead atoms. The fraction of sp³-hybridized carbons (Fsp3) is 0.158. The molecule has 28 heavy (non-hydrogen) atoms. The zero-order valence-electron chi connectivity index (χ0n) is 14.9. The number of nitrogens with one attached hydrogen (secondary N) is 1. The summed E-state index contributed by atoms with van der Waals surface area (Å²) < 4.78 is 10.6. The first-order valence-electron chi connectivity index (χ1n) is 8.34. The summed E-state index contributed by atoms with van der Waals surface area (Å²) in [7, 11) is 0. The summed E-state index contributed by atoms with van der Waals surface area (Å²) in [6.45, 7) is 1.21. The van der Waals surface area contributed by atoms with E-state index in [0.717, 1.165) is 17.5 Å². The van der Waals surface area contributed by atoms with E-state index in [1.807, 2.05) is 30.3 Å². The number of carbonyl (C=O) groups is 2. The molecule has 1 aromatic heterocycles. The van der Waals surface area contributed by atoms with Crippen molar-refractivity contribution in [1.29, 1.82) is 0 Å². The Labute approximate surface area is 159 Å². The summed E-state index contributed by atoms with van der Waals surface area (Å²) in [5.74, 6) is -0.804. The van der Waals surface area contributed by atoms with Crippen LogP contribution in [0.4, 0.5) is 11.4 Å². The van der Waals surface area contributed by atoms with Crippen LogP contribution in [0.15, 0.2) is 52.9 Å². The molecule has 0 unspecified atom stereocenters. The van der Waals surface area contributed by atoms with Crippen molar-refractivity contribution in [2.24, 2.45) is 0 Å². The minimum absolute atomic E-state index is 0.0521. The van der Waals surface area contributed by atoms with Crippen LogP contribution in [-0.4, -0.2) is 23.4 Å². The number of ether oxygens (including phenoxy) is 1. The average Bonchev–Trinajstić information content (AvgIpc) is 3.10. The van der Waals surface area contributed by atoms with Gasteiger partial charge in [0.25, 0.3) is 11.6 Å². The summed E-state index contributed by atoms with van der Waals surface area (Å²) in [5, 5.41) is 14.3. The number of para-hydroxylation sites is 1. The molecule has 0 radical (unpaired) electrons. The highest BCUT2D eigenvalue weighted by molar-refractivity contribution is 5.96. The van der Waals surface area contributed by atoms with Crippen molar-refractivity contribution < 1.29 is 23.7 Å². The maximum absolute atomic E-state index is 12.1. The van der Waals surface area contributed by atoms with E-state index in [-0.39, 0.29) is 16.9 Å². The van der Waals surface area contributed by atoms with Crippen molar-refractivity contribution >= 4 is 34.2 Å². The Kier molecular flexibility index (Phi) is 5.25. The number of carbonyl (C=O) groups excluding carboxylic acids is 2. The van der Waals surface area contributed by atoms with Crippen LogP contribution in [0.3, 0.4) is 0 Å². The van der Waals surface area contributed by atoms with Gasteiger partial charge in [0.2, 0.25) is 0 Å². The maximum Gasteiger partial charge on any atom is 0.340 e. The Morgan fingerprint density at radius 2 is 2.00 bits per heavy atom. The smallest absolute Gasteiger partial charge is 0.340 e. The molecule has 1 amide bonds. The maximum atomic E-state index is 12.1. The molecule has 1 heterocycles. The molecule has 1 atom stereocenters. The van der Waals surface area contributed by atoms with Gasteiger partial charge in [-0.1, -0.05) is 18.2 Å². The predicted octanol–water partition coefficient (Wildman–Crippen LogP) is 2.96. The highest BCUT2D eigenvalue weighted by atomic mass is 16.6. The molecule has 3 N–H and O–H groups in total. The van der Waals surface area contributed by atoms with E-state index in [4.69, 9.17) is 14.9 Å². The molecule has 9 nitrogen and oxygen atoms in total. The molecule has 0 fully saturated rings. The van der Waals surface area contributed by atoms with Crippen LogP contribution in [0.25, 0.3) is 11.0 Å². The second-order valence-corrected chi connectivity index (χ2v) is 6.08. The number of furan rings is 1. The number of fused-ring (bicyclic) bond motifs is 1. The van der Waals surface area contributed by atoms with Crippen molar-refractivity contribution in [3.05, 3.63) is 70.0 Å². The first-order chi connectivity index (χ1) is 13.3. The second-order valence-electron chi connectivity index (χ2n) is 6.08. The largest absolute Gasteiger partial charge is 0.459 e. The number of anilines is 1. The zero-order chi connectivity index (χ0) is 20.3. The number of non-ortho nitro benzene ring substituents is 1. The van der Waals surface area contributed by atoms with E-state index in [0.29, 0.717) is 11.3 Å². The van der Waals surface area contributed by atoms with Crippen molar-refractivity contribution in [1.82, 2.24) is 5.32 Å². The number of nitrogen functional groups attached to an aromatic ring is 1. The van der Waals surface area contributed by atoms with Crippen LogP contribution in [-0.2, 0) is 9.53 Å². The topological polar surface area (TPSA) is 138 Å². The standard InChI is InChI=1S/C19H17N3O6/c1-11(17-8-12-4-2-3-5-16(12)28-17)21-18(23)10-27-19(24)14-7-6-13(22(25)26)9-15(14)20/h2-9,11H,10,20H2,1H3,(H,21,23)/t11-/m1/s1. The quantitative estimate of drug-likeness (QED) is 0.289. The molecule has 3 rings (SSSR count). The van der Waals surface area contributed by atoms with Crippen LogP contribution in [0, 0.1) is 10.1 Å². The number of rotatable bonds is 6. The van der Waals surface area contributed by atoms with E-state index in [2.05, 4.69) is 5.32 Å². The molecule has 0 aliphatic heterocycles. The van der Waals surface area contributed by atoms with Gasteiger partial charge < -0.3 is 20.2 Å². The summed E-state index contributed by atoms with van der Waals surface area (Å²) in [6.07, 6.45) is 0. The molecular weight excluding hydrogens is 366 g/mol. The van der Waals surface area contributed by atoms with Gasteiger partial charge in [-0.25, -0.2) is 4.79 Å². The van der Waals surface area contributed by atoms with Crippen molar-refractivity contribution in [3.8, 4) is 0 Å². The van der Waals surface area contributed by atoms with Gasteiger partial charge >= 0.3 is 5.97 Å². The van der Waals surface area contributed by atoms with Gasteiger partial charge in [-0.2, -0.15) is 0 Å². The fourth-order valence-corrected chi connectivity index (χ4v) is 2.63. The summed E-state index contributed by atoms with van der Waals surface area (Å²) in [4.78, 5) is 34.2. The molecule has 0 saturated heterocycles. The Bertz CT molecular complexity index is 1030. The minimum atomic E-state index is -0.848. The van der Waals surface area contributed by atoms with Crippen LogP contribution >= 0.6 is 0 Å². The summed E-state index contributed by atoms with van der Waals surface area (Å²) >= 11 is 0. The number of nitrogens with zero attached hydrogens (tertiary/aromatic N) is 1. The number of nitro groups is 1. The van der Waals surface area contributed by atoms with Gasteiger partial charge in [0, 0.05) is 17.5 Å². The Hall–Kier alpha value is -3.88. The molecule has 0 spiro atoms. The highest BCUT2D eigenvalue weighted by Gasteiger charge is 2.18. The van der Waals surface area contributed by atoms with E-state index in [1.54, 1.807) is 6.92 Å². The number of hydrogen-bond donors (Lipinski definition) is 2. The number of nitrogens with two attached hydrogens (primary N) is 1. The first-order valence-corrected chi connectivity index (χ1v) is 8.34. The van der Waals surface area contributed by atoms with Gasteiger partial charge in [0.05, 0.1) is 22.2 Å². The third-order valence-corrected chi connectivity index (χ3v) is 4.05. The summed E-state index contributed by atoms with van der Waals surface area (Å²) in [6, 6.07) is 12.2. The van der Waals surface area contributed by atoms with E-state index in [9.17, 15) is 19.7 Å². The average molecular weight is 383 g/mol. The van der Waals surface area contributed by atoms with E-state index >= 15 is 0 Å². The van der Waals surface area contributed by atoms with Crippen molar-refractivity contribution in [2.45, 2.75) is 13.0 Å². The van der Waals surface area contributed by atoms with Crippen molar-refractivity contribution in [3.63, 3.8) is 0 Å². The van der Waals surface area contributed by atoms with Crippen LogP contribution in [0.2, 0.25) is 0 Å². The number of hydrogen-bond acceptors (Lipinski definition) is 7. The third kappa shape index (κ3) is 4.09. The van der Waals surface area contributed by atoms with Gasteiger partial charge in [-0.15, -0.1) is 0 Å². The van der Waals surface area contributed by atoms with Gasteiger partial charge in [0.15, 0.2) is 6.61 Å². The van der Waals surface area contributed by atoms with Crippen molar-refractivity contribution in [2.75, 3.05) is 12.3 Å². The number of esters is 1. The SMILES string of the molecule is C[C@@H](NC(=O)COC(=O)c1ccc([N+](=O)[O-])cc1N)c1cc2ccccc2o1. The molecule has 0 aliphatic carbocycles. The highest BCUT2D eigenvalue weighted by Crippen LogP contribution is 2.23. The second kappa shape index (κ2) is 7.78.